The third-order valence-corrected chi connectivity index (χ3v) is 4.37. The largest absolute Gasteiger partial charge is 0.341 e. The maximum atomic E-state index is 4.48. The molecule has 1 fully saturated rings. The average Bonchev–Trinajstić information content (AvgIpc) is 2.47. The van der Waals surface area contributed by atoms with E-state index < -0.39 is 0 Å². The number of aryl methyl sites for hydroxylation is 1. The Morgan fingerprint density at radius 1 is 1.22 bits per heavy atom. The van der Waals surface area contributed by atoms with Crippen LogP contribution in [0.2, 0.25) is 0 Å². The van der Waals surface area contributed by atoms with E-state index in [0.717, 1.165) is 37.3 Å². The van der Waals surface area contributed by atoms with Crippen molar-refractivity contribution in [1.82, 2.24) is 9.97 Å². The topological polar surface area (TPSA) is 29.0 Å². The summed E-state index contributed by atoms with van der Waals surface area (Å²) in [5.74, 6) is 2.66. The van der Waals surface area contributed by atoms with Crippen LogP contribution < -0.4 is 4.90 Å². The van der Waals surface area contributed by atoms with E-state index in [9.17, 15) is 0 Å². The predicted molar refractivity (Wildman–Crippen MR) is 75.8 cm³/mol. The molecule has 1 unspecified atom stereocenters. The van der Waals surface area contributed by atoms with Gasteiger partial charge in [-0.3, -0.25) is 0 Å². The van der Waals surface area contributed by atoms with Gasteiger partial charge in [0.15, 0.2) is 0 Å². The van der Waals surface area contributed by atoms with E-state index in [-0.39, 0.29) is 0 Å². The maximum Gasteiger partial charge on any atom is 0.225 e. The van der Waals surface area contributed by atoms with E-state index >= 15 is 0 Å². The van der Waals surface area contributed by atoms with Crippen molar-refractivity contribution in [2.45, 2.75) is 46.5 Å². The molecule has 1 saturated heterocycles. The lowest BCUT2D eigenvalue weighted by molar-refractivity contribution is 0.285. The first-order valence-corrected chi connectivity index (χ1v) is 7.30. The van der Waals surface area contributed by atoms with Crippen molar-refractivity contribution >= 4 is 5.95 Å². The van der Waals surface area contributed by atoms with Gasteiger partial charge in [0.05, 0.1) is 0 Å². The number of nitrogens with zero attached hydrogens (tertiary/aromatic N) is 3. The molecule has 0 aliphatic carbocycles. The second-order valence-corrected chi connectivity index (χ2v) is 5.45. The number of anilines is 1. The number of aromatic nitrogens is 2. The quantitative estimate of drug-likeness (QED) is 0.817. The standard InChI is InChI=1S/C15H25N3/c1-4-12(3)14-6-8-18(9-7-14)15-16-10-13(5-2)11-17-15/h10-12,14H,4-9H2,1-3H3. The summed E-state index contributed by atoms with van der Waals surface area (Å²) in [5, 5.41) is 0. The summed E-state index contributed by atoms with van der Waals surface area (Å²) in [6.45, 7) is 9.04. The normalized spacial score (nSPS) is 18.9. The Bertz CT molecular complexity index is 353. The molecule has 0 amide bonds. The van der Waals surface area contributed by atoms with E-state index in [4.69, 9.17) is 0 Å². The van der Waals surface area contributed by atoms with Gasteiger partial charge in [-0.15, -0.1) is 0 Å². The Kier molecular flexibility index (Phi) is 4.56. The van der Waals surface area contributed by atoms with Gasteiger partial charge >= 0.3 is 0 Å². The van der Waals surface area contributed by atoms with Crippen molar-refractivity contribution in [2.75, 3.05) is 18.0 Å². The molecule has 1 aromatic heterocycles. The van der Waals surface area contributed by atoms with Gasteiger partial charge in [-0.25, -0.2) is 9.97 Å². The van der Waals surface area contributed by atoms with Crippen LogP contribution in [0.25, 0.3) is 0 Å². The molecule has 2 rings (SSSR count). The lowest BCUT2D eigenvalue weighted by atomic mass is 9.84. The summed E-state index contributed by atoms with van der Waals surface area (Å²) >= 11 is 0. The maximum absolute atomic E-state index is 4.48. The van der Waals surface area contributed by atoms with E-state index in [1.54, 1.807) is 0 Å². The first-order valence-electron chi connectivity index (χ1n) is 7.30. The molecule has 2 heterocycles. The first-order chi connectivity index (χ1) is 8.74. The zero-order chi connectivity index (χ0) is 13.0. The Balaban J connectivity index is 1.92. The third kappa shape index (κ3) is 3.01. The van der Waals surface area contributed by atoms with Crippen LogP contribution in [0.3, 0.4) is 0 Å². The molecule has 18 heavy (non-hydrogen) atoms. The minimum Gasteiger partial charge on any atom is -0.341 e. The molecule has 0 radical (unpaired) electrons. The Hall–Kier alpha value is -1.12. The SMILES string of the molecule is CCc1cnc(N2CCC(C(C)CC)CC2)nc1. The molecule has 0 saturated carbocycles. The van der Waals surface area contributed by atoms with Crippen molar-refractivity contribution in [3.05, 3.63) is 18.0 Å². The van der Waals surface area contributed by atoms with Crippen LogP contribution in [0, 0.1) is 11.8 Å². The number of hydrogen-bond donors (Lipinski definition) is 0. The minimum absolute atomic E-state index is 0.857. The van der Waals surface area contributed by atoms with Crippen LogP contribution in [-0.2, 0) is 6.42 Å². The molecule has 3 heteroatoms. The molecule has 0 bridgehead atoms. The summed E-state index contributed by atoms with van der Waals surface area (Å²) in [6, 6.07) is 0. The molecular weight excluding hydrogens is 222 g/mol. The van der Waals surface area contributed by atoms with Gasteiger partial charge < -0.3 is 4.90 Å². The number of piperidine rings is 1. The highest BCUT2D eigenvalue weighted by Crippen LogP contribution is 2.28. The summed E-state index contributed by atoms with van der Waals surface area (Å²) in [4.78, 5) is 11.3. The minimum atomic E-state index is 0.857. The monoisotopic (exact) mass is 247 g/mol. The second kappa shape index (κ2) is 6.17. The van der Waals surface area contributed by atoms with Gasteiger partial charge in [0.25, 0.3) is 0 Å². The fourth-order valence-corrected chi connectivity index (χ4v) is 2.70. The highest BCUT2D eigenvalue weighted by atomic mass is 15.2. The van der Waals surface area contributed by atoms with Crippen molar-refractivity contribution < 1.29 is 0 Å². The van der Waals surface area contributed by atoms with Crippen LogP contribution in [0.4, 0.5) is 5.95 Å². The highest BCUT2D eigenvalue weighted by Gasteiger charge is 2.23. The lowest BCUT2D eigenvalue weighted by Crippen LogP contribution is -2.36. The van der Waals surface area contributed by atoms with E-state index in [1.807, 2.05) is 12.4 Å². The van der Waals surface area contributed by atoms with Crippen molar-refractivity contribution in [2.24, 2.45) is 11.8 Å². The van der Waals surface area contributed by atoms with E-state index in [0.29, 0.717) is 0 Å². The van der Waals surface area contributed by atoms with Gasteiger partial charge in [0, 0.05) is 25.5 Å². The van der Waals surface area contributed by atoms with Gasteiger partial charge in [-0.05, 0) is 36.7 Å². The average molecular weight is 247 g/mol. The zero-order valence-corrected chi connectivity index (χ0v) is 11.9. The predicted octanol–water partition coefficient (Wildman–Crippen LogP) is 3.30. The van der Waals surface area contributed by atoms with Crippen LogP contribution in [-0.4, -0.2) is 23.1 Å². The van der Waals surface area contributed by atoms with E-state index in [1.165, 1.54) is 24.8 Å². The molecule has 3 nitrogen and oxygen atoms in total. The molecule has 1 atom stereocenters. The molecule has 100 valence electrons. The molecule has 0 N–H and O–H groups in total. The van der Waals surface area contributed by atoms with Gasteiger partial charge in [0.2, 0.25) is 5.95 Å². The first kappa shape index (κ1) is 13.3. The molecule has 1 aliphatic rings. The van der Waals surface area contributed by atoms with Crippen molar-refractivity contribution in [1.29, 1.82) is 0 Å². The molecule has 0 spiro atoms. The molecule has 0 aromatic carbocycles. The third-order valence-electron chi connectivity index (χ3n) is 4.37. The van der Waals surface area contributed by atoms with Crippen molar-refractivity contribution in [3.63, 3.8) is 0 Å². The summed E-state index contributed by atoms with van der Waals surface area (Å²) < 4.78 is 0. The fourth-order valence-electron chi connectivity index (χ4n) is 2.70. The second-order valence-electron chi connectivity index (χ2n) is 5.45. The number of hydrogen-bond acceptors (Lipinski definition) is 3. The Morgan fingerprint density at radius 2 is 1.83 bits per heavy atom. The molecule has 1 aromatic rings. The zero-order valence-electron chi connectivity index (χ0n) is 11.9. The van der Waals surface area contributed by atoms with Crippen LogP contribution in [0.1, 0.15) is 45.6 Å². The highest BCUT2D eigenvalue weighted by molar-refractivity contribution is 5.30. The number of rotatable bonds is 4. The summed E-state index contributed by atoms with van der Waals surface area (Å²) in [5.41, 5.74) is 1.22. The van der Waals surface area contributed by atoms with Crippen LogP contribution in [0.5, 0.6) is 0 Å². The summed E-state index contributed by atoms with van der Waals surface area (Å²) in [7, 11) is 0. The van der Waals surface area contributed by atoms with Gasteiger partial charge in [0.1, 0.15) is 0 Å². The molecule has 1 aliphatic heterocycles. The smallest absolute Gasteiger partial charge is 0.225 e. The fraction of sp³-hybridized carbons (Fsp3) is 0.733. The lowest BCUT2D eigenvalue weighted by Gasteiger charge is -2.34. The van der Waals surface area contributed by atoms with Gasteiger partial charge in [-0.2, -0.15) is 0 Å². The summed E-state index contributed by atoms with van der Waals surface area (Å²) in [6.07, 6.45) is 8.80. The van der Waals surface area contributed by atoms with Crippen LogP contribution >= 0.6 is 0 Å². The Labute approximate surface area is 111 Å². The van der Waals surface area contributed by atoms with Crippen LogP contribution in [0.15, 0.2) is 12.4 Å². The Morgan fingerprint density at radius 3 is 2.33 bits per heavy atom. The molecular formula is C15H25N3. The van der Waals surface area contributed by atoms with Crippen molar-refractivity contribution in [3.8, 4) is 0 Å². The van der Waals surface area contributed by atoms with E-state index in [2.05, 4.69) is 35.6 Å². The van der Waals surface area contributed by atoms with Gasteiger partial charge in [-0.1, -0.05) is 27.2 Å².